The van der Waals surface area contributed by atoms with Crippen molar-refractivity contribution in [2.75, 3.05) is 6.54 Å². The van der Waals surface area contributed by atoms with Crippen LogP contribution in [-0.2, 0) is 6.42 Å². The van der Waals surface area contributed by atoms with E-state index in [1.807, 2.05) is 0 Å². The fourth-order valence-corrected chi connectivity index (χ4v) is 3.27. The number of aromatic nitrogens is 2. The molecule has 0 atom stereocenters. The average Bonchev–Trinajstić information content (AvgIpc) is 2.92. The van der Waals surface area contributed by atoms with Gasteiger partial charge in [0.15, 0.2) is 0 Å². The molecule has 3 N–H and O–H groups in total. The standard InChI is InChI=1S/C17H25N3/c18-11-5-4-6-13-9-10-15-16(12-13)20-17(19-15)14-7-2-1-3-8-14/h9-10,12,14H,1-8,11,18H2,(H,19,20). The lowest BCUT2D eigenvalue weighted by Gasteiger charge is -2.18. The summed E-state index contributed by atoms with van der Waals surface area (Å²) in [5.74, 6) is 1.86. The second-order valence-corrected chi connectivity index (χ2v) is 6.05. The summed E-state index contributed by atoms with van der Waals surface area (Å²) < 4.78 is 0. The molecule has 1 saturated carbocycles. The van der Waals surface area contributed by atoms with Gasteiger partial charge in [0.1, 0.15) is 5.82 Å². The maximum Gasteiger partial charge on any atom is 0.110 e. The van der Waals surface area contributed by atoms with E-state index in [4.69, 9.17) is 10.7 Å². The number of hydrogen-bond acceptors (Lipinski definition) is 2. The molecular formula is C17H25N3. The third-order valence-electron chi connectivity index (χ3n) is 4.48. The summed E-state index contributed by atoms with van der Waals surface area (Å²) in [6.07, 6.45) is 10.1. The summed E-state index contributed by atoms with van der Waals surface area (Å²) in [7, 11) is 0. The van der Waals surface area contributed by atoms with E-state index < -0.39 is 0 Å². The van der Waals surface area contributed by atoms with Crippen LogP contribution in [0.5, 0.6) is 0 Å². The minimum Gasteiger partial charge on any atom is -0.342 e. The van der Waals surface area contributed by atoms with Gasteiger partial charge in [-0.3, -0.25) is 0 Å². The Hall–Kier alpha value is -1.35. The first-order chi connectivity index (χ1) is 9.86. The van der Waals surface area contributed by atoms with E-state index in [1.54, 1.807) is 0 Å². The molecule has 1 heterocycles. The molecule has 1 aliphatic rings. The Kier molecular flexibility index (Phi) is 4.36. The molecule has 0 saturated heterocycles. The van der Waals surface area contributed by atoms with Crippen LogP contribution in [0, 0.1) is 0 Å². The summed E-state index contributed by atoms with van der Waals surface area (Å²) in [5.41, 5.74) is 9.27. The molecule has 2 aromatic rings. The predicted molar refractivity (Wildman–Crippen MR) is 83.9 cm³/mol. The van der Waals surface area contributed by atoms with Crippen molar-refractivity contribution < 1.29 is 0 Å². The topological polar surface area (TPSA) is 54.7 Å². The second kappa shape index (κ2) is 6.40. The highest BCUT2D eigenvalue weighted by Gasteiger charge is 2.18. The van der Waals surface area contributed by atoms with Crippen LogP contribution in [0.2, 0.25) is 0 Å². The zero-order chi connectivity index (χ0) is 13.8. The van der Waals surface area contributed by atoms with Crippen LogP contribution in [-0.4, -0.2) is 16.5 Å². The van der Waals surface area contributed by atoms with Crippen LogP contribution in [0.15, 0.2) is 18.2 Å². The molecule has 1 aromatic heterocycles. The van der Waals surface area contributed by atoms with Gasteiger partial charge in [-0.05, 0) is 56.3 Å². The molecule has 3 rings (SSSR count). The van der Waals surface area contributed by atoms with Crippen molar-refractivity contribution in [1.82, 2.24) is 9.97 Å². The zero-order valence-electron chi connectivity index (χ0n) is 12.2. The van der Waals surface area contributed by atoms with Crippen molar-refractivity contribution in [3.8, 4) is 0 Å². The molecular weight excluding hydrogens is 246 g/mol. The quantitative estimate of drug-likeness (QED) is 0.810. The molecule has 0 spiro atoms. The van der Waals surface area contributed by atoms with Crippen molar-refractivity contribution in [1.29, 1.82) is 0 Å². The van der Waals surface area contributed by atoms with E-state index in [9.17, 15) is 0 Å². The number of aromatic amines is 1. The lowest BCUT2D eigenvalue weighted by molar-refractivity contribution is 0.431. The van der Waals surface area contributed by atoms with Crippen molar-refractivity contribution in [2.24, 2.45) is 5.73 Å². The van der Waals surface area contributed by atoms with Gasteiger partial charge in [0.25, 0.3) is 0 Å². The average molecular weight is 271 g/mol. The zero-order valence-corrected chi connectivity index (χ0v) is 12.2. The van der Waals surface area contributed by atoms with Gasteiger partial charge in [-0.25, -0.2) is 4.98 Å². The van der Waals surface area contributed by atoms with Crippen molar-refractivity contribution in [2.45, 2.75) is 57.3 Å². The van der Waals surface area contributed by atoms with Crippen molar-refractivity contribution in [3.63, 3.8) is 0 Å². The molecule has 0 bridgehead atoms. The number of nitrogens with zero attached hydrogens (tertiary/aromatic N) is 1. The normalized spacial score (nSPS) is 16.9. The Morgan fingerprint density at radius 2 is 2.00 bits per heavy atom. The molecule has 1 fully saturated rings. The Morgan fingerprint density at radius 1 is 1.15 bits per heavy atom. The van der Waals surface area contributed by atoms with E-state index in [0.29, 0.717) is 5.92 Å². The first kappa shape index (κ1) is 13.6. The largest absolute Gasteiger partial charge is 0.342 e. The summed E-state index contributed by atoms with van der Waals surface area (Å²) in [4.78, 5) is 8.36. The van der Waals surface area contributed by atoms with Crippen LogP contribution in [0.4, 0.5) is 0 Å². The van der Waals surface area contributed by atoms with Crippen molar-refractivity contribution in [3.05, 3.63) is 29.6 Å². The third-order valence-corrected chi connectivity index (χ3v) is 4.48. The number of nitrogens with two attached hydrogens (primary N) is 1. The third kappa shape index (κ3) is 3.04. The molecule has 1 aromatic carbocycles. The smallest absolute Gasteiger partial charge is 0.110 e. The molecule has 0 radical (unpaired) electrons. The van der Waals surface area contributed by atoms with Gasteiger partial charge in [-0.15, -0.1) is 0 Å². The highest BCUT2D eigenvalue weighted by Crippen LogP contribution is 2.32. The van der Waals surface area contributed by atoms with Crippen LogP contribution in [0.1, 0.15) is 62.3 Å². The van der Waals surface area contributed by atoms with Gasteiger partial charge in [0.05, 0.1) is 11.0 Å². The van der Waals surface area contributed by atoms with Gasteiger partial charge in [-0.1, -0.05) is 25.3 Å². The Morgan fingerprint density at radius 3 is 2.80 bits per heavy atom. The summed E-state index contributed by atoms with van der Waals surface area (Å²) in [5, 5.41) is 0. The van der Waals surface area contributed by atoms with E-state index in [-0.39, 0.29) is 0 Å². The summed E-state index contributed by atoms with van der Waals surface area (Å²) in [6, 6.07) is 6.64. The molecule has 108 valence electrons. The Bertz CT molecular complexity index is 552. The van der Waals surface area contributed by atoms with Crippen LogP contribution < -0.4 is 5.73 Å². The molecule has 0 unspecified atom stereocenters. The van der Waals surface area contributed by atoms with Crippen LogP contribution >= 0.6 is 0 Å². The molecule has 0 aliphatic heterocycles. The lowest BCUT2D eigenvalue weighted by atomic mass is 9.89. The predicted octanol–water partition coefficient (Wildman–Crippen LogP) is 3.89. The molecule has 3 heteroatoms. The Labute approximate surface area is 121 Å². The van der Waals surface area contributed by atoms with E-state index in [2.05, 4.69) is 23.2 Å². The van der Waals surface area contributed by atoms with Gasteiger partial charge < -0.3 is 10.7 Å². The fraction of sp³-hybridized carbons (Fsp3) is 0.588. The monoisotopic (exact) mass is 271 g/mol. The number of imidazole rings is 1. The molecule has 0 amide bonds. The van der Waals surface area contributed by atoms with Gasteiger partial charge >= 0.3 is 0 Å². The number of H-pyrrole nitrogens is 1. The molecule has 3 nitrogen and oxygen atoms in total. The molecule has 20 heavy (non-hydrogen) atoms. The highest BCUT2D eigenvalue weighted by molar-refractivity contribution is 5.76. The lowest BCUT2D eigenvalue weighted by Crippen LogP contribution is -2.05. The number of fused-ring (bicyclic) bond motifs is 1. The maximum absolute atomic E-state index is 5.55. The van der Waals surface area contributed by atoms with Crippen LogP contribution in [0.25, 0.3) is 11.0 Å². The van der Waals surface area contributed by atoms with E-state index >= 15 is 0 Å². The fourth-order valence-electron chi connectivity index (χ4n) is 3.27. The first-order valence-electron chi connectivity index (χ1n) is 8.05. The first-order valence-corrected chi connectivity index (χ1v) is 8.05. The van der Waals surface area contributed by atoms with Gasteiger partial charge in [-0.2, -0.15) is 0 Å². The minimum absolute atomic E-state index is 0.650. The number of benzene rings is 1. The SMILES string of the molecule is NCCCCc1ccc2nc(C3CCCCC3)[nH]c2c1. The number of aryl methyl sites for hydroxylation is 1. The van der Waals surface area contributed by atoms with Gasteiger partial charge in [0, 0.05) is 5.92 Å². The summed E-state index contributed by atoms with van der Waals surface area (Å²) in [6.45, 7) is 0.790. The number of hydrogen-bond donors (Lipinski definition) is 2. The van der Waals surface area contributed by atoms with E-state index in [0.717, 1.165) is 24.9 Å². The van der Waals surface area contributed by atoms with Gasteiger partial charge in [0.2, 0.25) is 0 Å². The second-order valence-electron chi connectivity index (χ2n) is 6.05. The molecule has 1 aliphatic carbocycles. The van der Waals surface area contributed by atoms with Crippen molar-refractivity contribution >= 4 is 11.0 Å². The highest BCUT2D eigenvalue weighted by atomic mass is 14.9. The number of nitrogens with one attached hydrogen (secondary N) is 1. The minimum atomic E-state index is 0.650. The number of unbranched alkanes of at least 4 members (excludes halogenated alkanes) is 1. The Balaban J connectivity index is 1.76. The maximum atomic E-state index is 5.55. The number of rotatable bonds is 5. The summed E-state index contributed by atoms with van der Waals surface area (Å²) >= 11 is 0. The van der Waals surface area contributed by atoms with Crippen LogP contribution in [0.3, 0.4) is 0 Å². The van der Waals surface area contributed by atoms with E-state index in [1.165, 1.54) is 55.4 Å².